The third-order valence-electron chi connectivity index (χ3n) is 2.66. The molecule has 4 nitrogen and oxygen atoms in total. The van der Waals surface area contributed by atoms with Gasteiger partial charge in [0.1, 0.15) is 0 Å². The Bertz CT molecular complexity index is 269. The van der Waals surface area contributed by atoms with Crippen molar-refractivity contribution in [1.29, 1.82) is 0 Å². The largest absolute Gasteiger partial charge is 0.325 e. The van der Waals surface area contributed by atoms with Gasteiger partial charge in [0, 0.05) is 25.2 Å². The van der Waals surface area contributed by atoms with E-state index in [0.29, 0.717) is 11.5 Å². The molecule has 2 fully saturated rings. The zero-order valence-corrected chi connectivity index (χ0v) is 7.76. The number of hydrogen-bond donors (Lipinski definition) is 1. The average Bonchev–Trinajstić information content (AvgIpc) is 2.23. The van der Waals surface area contributed by atoms with Crippen molar-refractivity contribution in [3.63, 3.8) is 0 Å². The first-order valence-corrected chi connectivity index (χ1v) is 6.09. The molecule has 2 saturated heterocycles. The predicted molar refractivity (Wildman–Crippen MR) is 46.6 cm³/mol. The van der Waals surface area contributed by atoms with Crippen molar-refractivity contribution >= 4 is 9.84 Å². The first kappa shape index (κ1) is 8.47. The lowest BCUT2D eigenvalue weighted by Crippen LogP contribution is -2.59. The van der Waals surface area contributed by atoms with Gasteiger partial charge in [0.15, 0.2) is 9.84 Å². The second kappa shape index (κ2) is 2.68. The first-order chi connectivity index (χ1) is 5.57. The van der Waals surface area contributed by atoms with Gasteiger partial charge in [0.25, 0.3) is 0 Å². The molecule has 1 unspecified atom stereocenters. The number of hydrogen-bond acceptors (Lipinski definition) is 4. The molecule has 0 aromatic heterocycles. The topological polar surface area (TPSA) is 63.4 Å². The van der Waals surface area contributed by atoms with Crippen LogP contribution in [0.3, 0.4) is 0 Å². The second-order valence-electron chi connectivity index (χ2n) is 3.77. The van der Waals surface area contributed by atoms with Gasteiger partial charge in [-0.3, -0.25) is 4.90 Å². The number of sulfone groups is 1. The molecular formula is C7H14N2O2S. The third kappa shape index (κ3) is 1.48. The maximum absolute atomic E-state index is 11.1. The van der Waals surface area contributed by atoms with E-state index in [1.807, 2.05) is 0 Å². The van der Waals surface area contributed by atoms with E-state index in [2.05, 4.69) is 4.90 Å². The SMILES string of the molecule is NC1CN(C2CCS(=O)(=O)C2)C1. The lowest BCUT2D eigenvalue weighted by Gasteiger charge is -2.40. The predicted octanol–water partition coefficient (Wildman–Crippen LogP) is -1.18. The van der Waals surface area contributed by atoms with Gasteiger partial charge in [-0.05, 0) is 6.42 Å². The highest BCUT2D eigenvalue weighted by Gasteiger charge is 2.37. The summed E-state index contributed by atoms with van der Waals surface area (Å²) in [4.78, 5) is 2.18. The fourth-order valence-corrected chi connectivity index (χ4v) is 3.67. The van der Waals surface area contributed by atoms with Gasteiger partial charge < -0.3 is 5.73 Å². The van der Waals surface area contributed by atoms with Gasteiger partial charge in [-0.2, -0.15) is 0 Å². The number of nitrogens with zero attached hydrogens (tertiary/aromatic N) is 1. The van der Waals surface area contributed by atoms with Crippen molar-refractivity contribution in [3.8, 4) is 0 Å². The van der Waals surface area contributed by atoms with Crippen LogP contribution in [0.15, 0.2) is 0 Å². The van der Waals surface area contributed by atoms with Gasteiger partial charge in [0.05, 0.1) is 11.5 Å². The van der Waals surface area contributed by atoms with Crippen molar-refractivity contribution in [2.75, 3.05) is 24.6 Å². The summed E-state index contributed by atoms with van der Waals surface area (Å²) in [7, 11) is -2.72. The first-order valence-electron chi connectivity index (χ1n) is 4.27. The van der Waals surface area contributed by atoms with E-state index in [-0.39, 0.29) is 12.1 Å². The molecule has 0 amide bonds. The van der Waals surface area contributed by atoms with E-state index in [4.69, 9.17) is 5.73 Å². The number of likely N-dealkylation sites (tertiary alicyclic amines) is 1. The Hall–Kier alpha value is -0.130. The number of rotatable bonds is 1. The Morgan fingerprint density at radius 2 is 2.00 bits per heavy atom. The molecule has 70 valence electrons. The van der Waals surface area contributed by atoms with E-state index in [1.165, 1.54) is 0 Å². The van der Waals surface area contributed by atoms with Gasteiger partial charge in [-0.1, -0.05) is 0 Å². The normalized spacial score (nSPS) is 36.6. The zero-order valence-electron chi connectivity index (χ0n) is 6.94. The Balaban J connectivity index is 1.93. The van der Waals surface area contributed by atoms with Crippen LogP contribution in [0, 0.1) is 0 Å². The molecular weight excluding hydrogens is 176 g/mol. The highest BCUT2D eigenvalue weighted by atomic mass is 32.2. The fourth-order valence-electron chi connectivity index (χ4n) is 1.91. The summed E-state index contributed by atoms with van der Waals surface area (Å²) in [5.41, 5.74) is 5.61. The van der Waals surface area contributed by atoms with Crippen molar-refractivity contribution in [2.45, 2.75) is 18.5 Å². The lowest BCUT2D eigenvalue weighted by atomic mass is 10.1. The molecule has 1 atom stereocenters. The standard InChI is InChI=1S/C7H14N2O2S/c8-6-3-9(4-6)7-1-2-12(10,11)5-7/h6-7H,1-5,8H2. The Kier molecular flexibility index (Phi) is 1.89. The summed E-state index contributed by atoms with van der Waals surface area (Å²) in [5, 5.41) is 0. The highest BCUT2D eigenvalue weighted by Crippen LogP contribution is 2.21. The van der Waals surface area contributed by atoms with Crippen LogP contribution in [-0.4, -0.2) is 50.0 Å². The monoisotopic (exact) mass is 190 g/mol. The molecule has 2 N–H and O–H groups in total. The van der Waals surface area contributed by atoms with Crippen molar-refractivity contribution in [2.24, 2.45) is 5.73 Å². The third-order valence-corrected chi connectivity index (χ3v) is 4.41. The highest BCUT2D eigenvalue weighted by molar-refractivity contribution is 7.91. The van der Waals surface area contributed by atoms with Crippen LogP contribution in [0.4, 0.5) is 0 Å². The van der Waals surface area contributed by atoms with Crippen LogP contribution in [0.5, 0.6) is 0 Å². The van der Waals surface area contributed by atoms with Gasteiger partial charge >= 0.3 is 0 Å². The van der Waals surface area contributed by atoms with Crippen molar-refractivity contribution in [1.82, 2.24) is 4.90 Å². The average molecular weight is 190 g/mol. The van der Waals surface area contributed by atoms with Gasteiger partial charge in [-0.25, -0.2) is 8.42 Å². The molecule has 0 radical (unpaired) electrons. The number of nitrogens with two attached hydrogens (primary N) is 1. The Morgan fingerprint density at radius 1 is 1.33 bits per heavy atom. The maximum Gasteiger partial charge on any atom is 0.151 e. The molecule has 2 heterocycles. The summed E-state index contributed by atoms with van der Waals surface area (Å²) in [6, 6.07) is 0.531. The summed E-state index contributed by atoms with van der Waals surface area (Å²) in [6.07, 6.45) is 0.801. The fraction of sp³-hybridized carbons (Fsp3) is 1.00. The molecule has 5 heteroatoms. The van der Waals surface area contributed by atoms with Crippen LogP contribution in [-0.2, 0) is 9.84 Å². The zero-order chi connectivity index (χ0) is 8.77. The van der Waals surface area contributed by atoms with E-state index in [0.717, 1.165) is 19.5 Å². The molecule has 0 bridgehead atoms. The van der Waals surface area contributed by atoms with Crippen LogP contribution in [0.1, 0.15) is 6.42 Å². The molecule has 0 aliphatic carbocycles. The van der Waals surface area contributed by atoms with E-state index >= 15 is 0 Å². The molecule has 0 aromatic carbocycles. The van der Waals surface area contributed by atoms with Crippen LogP contribution >= 0.6 is 0 Å². The smallest absolute Gasteiger partial charge is 0.151 e. The quantitative estimate of drug-likeness (QED) is 0.565. The van der Waals surface area contributed by atoms with Crippen molar-refractivity contribution in [3.05, 3.63) is 0 Å². The van der Waals surface area contributed by atoms with Crippen LogP contribution in [0.25, 0.3) is 0 Å². The molecule has 0 spiro atoms. The minimum Gasteiger partial charge on any atom is -0.325 e. The van der Waals surface area contributed by atoms with Gasteiger partial charge in [0.2, 0.25) is 0 Å². The van der Waals surface area contributed by atoms with E-state index in [9.17, 15) is 8.42 Å². The Labute approximate surface area is 72.6 Å². The maximum atomic E-state index is 11.1. The molecule has 2 aliphatic rings. The molecule has 12 heavy (non-hydrogen) atoms. The minimum atomic E-state index is -2.72. The summed E-state index contributed by atoms with van der Waals surface area (Å²) < 4.78 is 22.2. The Morgan fingerprint density at radius 3 is 2.42 bits per heavy atom. The minimum absolute atomic E-state index is 0.259. The summed E-state index contributed by atoms with van der Waals surface area (Å²) in [5.74, 6) is 0.711. The molecule has 2 aliphatic heterocycles. The lowest BCUT2D eigenvalue weighted by molar-refractivity contribution is 0.106. The molecule has 0 aromatic rings. The molecule has 0 saturated carbocycles. The summed E-state index contributed by atoms with van der Waals surface area (Å²) in [6.45, 7) is 1.75. The van der Waals surface area contributed by atoms with Gasteiger partial charge in [-0.15, -0.1) is 0 Å². The second-order valence-corrected chi connectivity index (χ2v) is 6.00. The van der Waals surface area contributed by atoms with Crippen molar-refractivity contribution < 1.29 is 8.42 Å². The van der Waals surface area contributed by atoms with E-state index in [1.54, 1.807) is 0 Å². The molecule has 2 rings (SSSR count). The van der Waals surface area contributed by atoms with Crippen LogP contribution < -0.4 is 5.73 Å². The van der Waals surface area contributed by atoms with Crippen LogP contribution in [0.2, 0.25) is 0 Å². The van der Waals surface area contributed by atoms with E-state index < -0.39 is 9.84 Å². The summed E-state index contributed by atoms with van der Waals surface area (Å²) >= 11 is 0.